The fourth-order valence-corrected chi connectivity index (χ4v) is 3.26. The van der Waals surface area contributed by atoms with Crippen LogP contribution in [0.1, 0.15) is 16.7 Å². The number of halogens is 1. The van der Waals surface area contributed by atoms with Gasteiger partial charge < -0.3 is 9.84 Å². The highest BCUT2D eigenvalue weighted by atomic mass is 35.5. The molecule has 0 bridgehead atoms. The van der Waals surface area contributed by atoms with E-state index in [2.05, 4.69) is 5.11 Å². The molecule has 0 aromatic heterocycles. The van der Waals surface area contributed by atoms with Crippen LogP contribution < -0.4 is 0 Å². The smallest absolute Gasteiger partial charge is 0.264 e. The Labute approximate surface area is 167 Å². The number of rotatable bonds is 4. The monoisotopic (exact) mass is 388 g/mol. The van der Waals surface area contributed by atoms with Crippen molar-refractivity contribution in [3.63, 3.8) is 0 Å². The fraction of sp³-hybridized carbons (Fsp3) is 0.0435. The van der Waals surface area contributed by atoms with Gasteiger partial charge in [-0.15, -0.1) is 5.11 Å². The van der Waals surface area contributed by atoms with E-state index in [0.717, 1.165) is 16.7 Å². The van der Waals surface area contributed by atoms with Crippen LogP contribution in [0.2, 0.25) is 5.02 Å². The lowest BCUT2D eigenvalue weighted by Gasteiger charge is -2.32. The van der Waals surface area contributed by atoms with Crippen LogP contribution in [0.25, 0.3) is 11.3 Å². The van der Waals surface area contributed by atoms with Crippen LogP contribution in [0.15, 0.2) is 96.1 Å². The number of allylic oxidation sites excluding steroid dienone is 2. The summed E-state index contributed by atoms with van der Waals surface area (Å²) >= 11 is 6.03. The number of hydrogen-bond donors (Lipinski definition) is 2. The number of phenols is 1. The highest BCUT2D eigenvalue weighted by Gasteiger charge is 2.36. The van der Waals surface area contributed by atoms with Crippen LogP contribution in [0.4, 0.5) is 0 Å². The van der Waals surface area contributed by atoms with E-state index < -0.39 is 5.72 Å². The van der Waals surface area contributed by atoms with Gasteiger partial charge in [-0.2, -0.15) is 0 Å². The summed E-state index contributed by atoms with van der Waals surface area (Å²) in [6.07, 6.45) is 3.73. The molecule has 0 saturated heterocycles. The Balaban J connectivity index is 1.89. The van der Waals surface area contributed by atoms with Gasteiger partial charge in [-0.25, -0.2) is 5.53 Å². The van der Waals surface area contributed by atoms with E-state index in [1.807, 2.05) is 54.6 Å². The van der Waals surface area contributed by atoms with Crippen LogP contribution in [0.3, 0.4) is 0 Å². The van der Waals surface area contributed by atoms with Crippen LogP contribution in [-0.2, 0) is 10.5 Å². The van der Waals surface area contributed by atoms with Crippen molar-refractivity contribution in [3.8, 4) is 5.75 Å². The SMILES string of the molecule is N=NC1(c2ccc(Cl)cc2)C=C(c2ccc(O)cc2)C=C(c2ccccc2)O1. The molecule has 0 radical (unpaired) electrons. The zero-order valence-electron chi connectivity index (χ0n) is 14.8. The second-order valence-corrected chi connectivity index (χ2v) is 6.87. The lowest BCUT2D eigenvalue weighted by Crippen LogP contribution is -2.26. The minimum atomic E-state index is -1.31. The summed E-state index contributed by atoms with van der Waals surface area (Å²) in [6.45, 7) is 0. The molecule has 2 N–H and O–H groups in total. The van der Waals surface area contributed by atoms with E-state index in [1.165, 1.54) is 0 Å². The second-order valence-electron chi connectivity index (χ2n) is 6.44. The standard InChI is InChI=1S/C23H17ClN2O2/c24-20-10-8-19(9-11-20)23(26-25)15-18(16-6-12-21(27)13-7-16)14-22(28-23)17-4-2-1-3-5-17/h1-15,25,27H. The molecule has 0 saturated carbocycles. The van der Waals surface area contributed by atoms with Crippen molar-refractivity contribution in [1.29, 1.82) is 5.53 Å². The summed E-state index contributed by atoms with van der Waals surface area (Å²) < 4.78 is 6.25. The molecule has 1 atom stereocenters. The molecule has 0 amide bonds. The first kappa shape index (κ1) is 18.0. The Morgan fingerprint density at radius 1 is 0.857 bits per heavy atom. The van der Waals surface area contributed by atoms with E-state index in [0.29, 0.717) is 16.3 Å². The molecule has 0 spiro atoms. The first-order valence-electron chi connectivity index (χ1n) is 8.73. The first-order chi connectivity index (χ1) is 13.6. The van der Waals surface area contributed by atoms with Gasteiger partial charge in [-0.3, -0.25) is 0 Å². The maximum atomic E-state index is 9.62. The Morgan fingerprint density at radius 3 is 2.18 bits per heavy atom. The number of phenolic OH excluding ortho intramolecular Hbond substituents is 1. The molecule has 28 heavy (non-hydrogen) atoms. The average molecular weight is 389 g/mol. The minimum Gasteiger partial charge on any atom is -0.508 e. The van der Waals surface area contributed by atoms with Gasteiger partial charge >= 0.3 is 0 Å². The third kappa shape index (κ3) is 3.42. The third-order valence-electron chi connectivity index (χ3n) is 4.59. The van der Waals surface area contributed by atoms with Crippen molar-refractivity contribution in [3.05, 3.63) is 113 Å². The average Bonchev–Trinajstić information content (AvgIpc) is 2.75. The van der Waals surface area contributed by atoms with E-state index in [4.69, 9.17) is 21.9 Å². The summed E-state index contributed by atoms with van der Waals surface area (Å²) in [5.41, 5.74) is 9.93. The van der Waals surface area contributed by atoms with Crippen molar-refractivity contribution in [1.82, 2.24) is 0 Å². The molecule has 1 aliphatic rings. The van der Waals surface area contributed by atoms with Crippen LogP contribution in [0.5, 0.6) is 5.75 Å². The van der Waals surface area contributed by atoms with E-state index >= 15 is 0 Å². The van der Waals surface area contributed by atoms with Gasteiger partial charge in [-0.05, 0) is 47.6 Å². The normalized spacial score (nSPS) is 18.6. The molecule has 3 aromatic rings. The fourth-order valence-electron chi connectivity index (χ4n) is 3.14. The van der Waals surface area contributed by atoms with Gasteiger partial charge in [0.25, 0.3) is 5.72 Å². The van der Waals surface area contributed by atoms with Crippen molar-refractivity contribution in [2.75, 3.05) is 0 Å². The predicted octanol–water partition coefficient (Wildman–Crippen LogP) is 6.38. The van der Waals surface area contributed by atoms with Crippen molar-refractivity contribution < 1.29 is 9.84 Å². The van der Waals surface area contributed by atoms with Crippen molar-refractivity contribution in [2.45, 2.75) is 5.72 Å². The van der Waals surface area contributed by atoms with Crippen molar-refractivity contribution >= 4 is 22.9 Å². The molecule has 0 aliphatic carbocycles. The number of nitrogens with one attached hydrogen (secondary N) is 1. The van der Waals surface area contributed by atoms with Gasteiger partial charge in [0.2, 0.25) is 0 Å². The zero-order valence-corrected chi connectivity index (χ0v) is 15.6. The van der Waals surface area contributed by atoms with Gasteiger partial charge in [0, 0.05) is 16.1 Å². The van der Waals surface area contributed by atoms with Crippen LogP contribution in [-0.4, -0.2) is 5.11 Å². The molecular weight excluding hydrogens is 372 g/mol. The Hall–Kier alpha value is -3.37. The largest absolute Gasteiger partial charge is 0.508 e. The van der Waals surface area contributed by atoms with Gasteiger partial charge in [0.15, 0.2) is 0 Å². The summed E-state index contributed by atoms with van der Waals surface area (Å²) in [5.74, 6) is 0.801. The second kappa shape index (κ2) is 7.33. The van der Waals surface area contributed by atoms with Gasteiger partial charge in [-0.1, -0.05) is 66.2 Å². The molecule has 1 aliphatic heterocycles. The number of aromatic hydroxyl groups is 1. The van der Waals surface area contributed by atoms with Crippen LogP contribution >= 0.6 is 11.6 Å². The summed E-state index contributed by atoms with van der Waals surface area (Å²) in [6, 6.07) is 23.7. The minimum absolute atomic E-state index is 0.192. The van der Waals surface area contributed by atoms with E-state index in [-0.39, 0.29) is 5.75 Å². The molecule has 5 heteroatoms. The molecular formula is C23H17ClN2O2. The predicted molar refractivity (Wildman–Crippen MR) is 110 cm³/mol. The molecule has 1 heterocycles. The highest BCUT2D eigenvalue weighted by molar-refractivity contribution is 6.30. The van der Waals surface area contributed by atoms with Crippen molar-refractivity contribution in [2.24, 2.45) is 5.11 Å². The van der Waals surface area contributed by atoms with Gasteiger partial charge in [0.1, 0.15) is 11.5 Å². The first-order valence-corrected chi connectivity index (χ1v) is 9.10. The summed E-state index contributed by atoms with van der Waals surface area (Å²) in [4.78, 5) is 0. The molecule has 4 rings (SSSR count). The van der Waals surface area contributed by atoms with E-state index in [1.54, 1.807) is 36.4 Å². The number of nitrogens with zero attached hydrogens (tertiary/aromatic N) is 1. The Bertz CT molecular complexity index is 1060. The molecule has 4 nitrogen and oxygen atoms in total. The lowest BCUT2D eigenvalue weighted by atomic mass is 9.93. The summed E-state index contributed by atoms with van der Waals surface area (Å²) in [7, 11) is 0. The molecule has 1 unspecified atom stereocenters. The Morgan fingerprint density at radius 2 is 1.54 bits per heavy atom. The topological polar surface area (TPSA) is 65.7 Å². The van der Waals surface area contributed by atoms with E-state index in [9.17, 15) is 5.11 Å². The number of hydrogen-bond acceptors (Lipinski definition) is 4. The third-order valence-corrected chi connectivity index (χ3v) is 4.84. The number of ether oxygens (including phenoxy) is 1. The molecule has 0 fully saturated rings. The highest BCUT2D eigenvalue weighted by Crippen LogP contribution is 2.42. The Kier molecular flexibility index (Phi) is 4.72. The van der Waals surface area contributed by atoms with Crippen LogP contribution in [0, 0.1) is 5.53 Å². The number of benzene rings is 3. The maximum absolute atomic E-state index is 9.62. The quantitative estimate of drug-likeness (QED) is 0.509. The lowest BCUT2D eigenvalue weighted by molar-refractivity contribution is 0.0823. The summed E-state index contributed by atoms with van der Waals surface area (Å²) in [5, 5.41) is 14.1. The maximum Gasteiger partial charge on any atom is 0.264 e. The zero-order chi connectivity index (χ0) is 19.6. The molecule has 3 aromatic carbocycles. The van der Waals surface area contributed by atoms with Gasteiger partial charge in [0.05, 0.1) is 0 Å². The molecule has 138 valence electrons.